The molecule has 1 N–H and O–H groups in total. The standard InChI is InChI=1S/C7H11N3O2.Na/c1-7(2,3)6-8-4(5(11)12)9-10-6;/h1-3H3,(H,11,12)(H,8,9,10);/q;+1/p-1. The molecular weight excluding hydrogens is 181 g/mol. The summed E-state index contributed by atoms with van der Waals surface area (Å²) in [7, 11) is 0. The molecule has 5 nitrogen and oxygen atoms in total. The first-order valence-corrected chi connectivity index (χ1v) is 3.55. The minimum atomic E-state index is -1.36. The molecule has 0 radical (unpaired) electrons. The maximum absolute atomic E-state index is 10.3. The van der Waals surface area contributed by atoms with Gasteiger partial charge >= 0.3 is 29.6 Å². The maximum Gasteiger partial charge on any atom is 1.00 e. The summed E-state index contributed by atoms with van der Waals surface area (Å²) in [6.07, 6.45) is 0. The average Bonchev–Trinajstić information content (AvgIpc) is 2.30. The average molecular weight is 191 g/mol. The molecular formula is C7H10N3NaO2. The predicted molar refractivity (Wildman–Crippen MR) is 39.4 cm³/mol. The van der Waals surface area contributed by atoms with Crippen molar-refractivity contribution >= 4 is 5.97 Å². The van der Waals surface area contributed by atoms with E-state index in [1.54, 1.807) is 0 Å². The molecule has 1 aromatic rings. The number of carbonyl (C=O) groups is 1. The number of nitrogens with one attached hydrogen (secondary N) is 1. The molecule has 0 atom stereocenters. The van der Waals surface area contributed by atoms with Crippen LogP contribution in [0, 0.1) is 0 Å². The number of aromatic carboxylic acids is 1. The SMILES string of the molecule is CC(C)(C)c1nc(C(=O)[O-])n[nH]1.[Na+]. The first kappa shape index (κ1) is 12.6. The van der Waals surface area contributed by atoms with Gasteiger partial charge in [-0.1, -0.05) is 20.8 Å². The monoisotopic (exact) mass is 191 g/mol. The molecule has 0 saturated heterocycles. The van der Waals surface area contributed by atoms with Crippen molar-refractivity contribution in [2.24, 2.45) is 0 Å². The van der Waals surface area contributed by atoms with Gasteiger partial charge in [-0.2, -0.15) is 5.10 Å². The van der Waals surface area contributed by atoms with Crippen molar-refractivity contribution in [3.63, 3.8) is 0 Å². The van der Waals surface area contributed by atoms with Gasteiger partial charge in [-0.05, 0) is 0 Å². The Bertz CT molecular complexity index is 303. The predicted octanol–water partition coefficient (Wildman–Crippen LogP) is -3.53. The third kappa shape index (κ3) is 3.10. The van der Waals surface area contributed by atoms with Gasteiger partial charge in [0.05, 0.1) is 0 Å². The van der Waals surface area contributed by atoms with Crippen LogP contribution in [0.5, 0.6) is 0 Å². The van der Waals surface area contributed by atoms with Crippen LogP contribution in [0.2, 0.25) is 0 Å². The molecule has 0 aliphatic rings. The van der Waals surface area contributed by atoms with E-state index < -0.39 is 5.97 Å². The fourth-order valence-corrected chi connectivity index (χ4v) is 0.689. The second-order valence-corrected chi connectivity index (χ2v) is 3.55. The Hall–Kier alpha value is -0.390. The molecule has 0 unspecified atom stereocenters. The topological polar surface area (TPSA) is 81.7 Å². The van der Waals surface area contributed by atoms with E-state index >= 15 is 0 Å². The first-order valence-electron chi connectivity index (χ1n) is 3.55. The van der Waals surface area contributed by atoms with Crippen LogP contribution in [0.3, 0.4) is 0 Å². The molecule has 0 fully saturated rings. The third-order valence-electron chi connectivity index (χ3n) is 1.38. The Morgan fingerprint density at radius 2 is 2.00 bits per heavy atom. The molecule has 0 saturated carbocycles. The van der Waals surface area contributed by atoms with Gasteiger partial charge in [-0.3, -0.25) is 5.10 Å². The van der Waals surface area contributed by atoms with Gasteiger partial charge in [-0.25, -0.2) is 4.98 Å². The van der Waals surface area contributed by atoms with Crippen LogP contribution >= 0.6 is 0 Å². The zero-order chi connectivity index (χ0) is 9.35. The summed E-state index contributed by atoms with van der Waals surface area (Å²) in [6.45, 7) is 5.73. The van der Waals surface area contributed by atoms with Crippen molar-refractivity contribution in [3.05, 3.63) is 11.6 Å². The molecule has 1 rings (SSSR count). The van der Waals surface area contributed by atoms with E-state index in [-0.39, 0.29) is 40.8 Å². The van der Waals surface area contributed by atoms with Gasteiger partial charge < -0.3 is 9.90 Å². The Morgan fingerprint density at radius 1 is 1.46 bits per heavy atom. The van der Waals surface area contributed by atoms with Gasteiger partial charge in [0.25, 0.3) is 0 Å². The summed E-state index contributed by atoms with van der Waals surface area (Å²) in [4.78, 5) is 14.0. The normalized spacial score (nSPS) is 10.7. The molecule has 0 aliphatic carbocycles. The number of hydrogen-bond acceptors (Lipinski definition) is 4. The number of aromatic amines is 1. The smallest absolute Gasteiger partial charge is 0.541 e. The number of hydrogen-bond donors (Lipinski definition) is 1. The van der Waals surface area contributed by atoms with E-state index in [4.69, 9.17) is 0 Å². The fourth-order valence-electron chi connectivity index (χ4n) is 0.689. The fraction of sp³-hybridized carbons (Fsp3) is 0.571. The molecule has 0 spiro atoms. The van der Waals surface area contributed by atoms with E-state index in [2.05, 4.69) is 15.2 Å². The van der Waals surface area contributed by atoms with Gasteiger partial charge in [-0.15, -0.1) is 0 Å². The number of carbonyl (C=O) groups excluding carboxylic acids is 1. The van der Waals surface area contributed by atoms with E-state index in [9.17, 15) is 9.90 Å². The van der Waals surface area contributed by atoms with Crippen molar-refractivity contribution < 1.29 is 39.5 Å². The van der Waals surface area contributed by atoms with Crippen LogP contribution in [-0.4, -0.2) is 21.2 Å². The summed E-state index contributed by atoms with van der Waals surface area (Å²) < 4.78 is 0. The van der Waals surface area contributed by atoms with Crippen molar-refractivity contribution in [3.8, 4) is 0 Å². The Balaban J connectivity index is 0.00000144. The molecule has 0 amide bonds. The summed E-state index contributed by atoms with van der Waals surface area (Å²) in [5.74, 6) is -1.11. The molecule has 0 aliphatic heterocycles. The van der Waals surface area contributed by atoms with Crippen LogP contribution in [0.4, 0.5) is 0 Å². The quantitative estimate of drug-likeness (QED) is 0.466. The van der Waals surface area contributed by atoms with Crippen LogP contribution in [0.1, 0.15) is 37.2 Å². The molecule has 0 bridgehead atoms. The number of H-pyrrole nitrogens is 1. The Kier molecular flexibility index (Phi) is 4.09. The largest absolute Gasteiger partial charge is 1.00 e. The van der Waals surface area contributed by atoms with Gasteiger partial charge in [0.15, 0.2) is 5.82 Å². The molecule has 66 valence electrons. The van der Waals surface area contributed by atoms with E-state index in [0.717, 1.165) is 0 Å². The zero-order valence-corrected chi connectivity index (χ0v) is 10.2. The van der Waals surface area contributed by atoms with Crippen LogP contribution in [-0.2, 0) is 5.41 Å². The Labute approximate surface area is 98.2 Å². The summed E-state index contributed by atoms with van der Waals surface area (Å²) >= 11 is 0. The number of aromatic nitrogens is 3. The van der Waals surface area contributed by atoms with E-state index in [1.165, 1.54) is 0 Å². The van der Waals surface area contributed by atoms with Gasteiger partial charge in [0.1, 0.15) is 11.8 Å². The zero-order valence-electron chi connectivity index (χ0n) is 8.21. The van der Waals surface area contributed by atoms with Crippen molar-refractivity contribution in [1.82, 2.24) is 15.2 Å². The van der Waals surface area contributed by atoms with Crippen LogP contribution in [0.15, 0.2) is 0 Å². The molecule has 1 aromatic heterocycles. The molecule has 1 heterocycles. The van der Waals surface area contributed by atoms with Crippen LogP contribution < -0.4 is 34.7 Å². The maximum atomic E-state index is 10.3. The number of nitrogens with zero attached hydrogens (tertiary/aromatic N) is 2. The van der Waals surface area contributed by atoms with E-state index in [0.29, 0.717) is 5.82 Å². The molecule has 0 aromatic carbocycles. The molecule has 6 heteroatoms. The summed E-state index contributed by atoms with van der Waals surface area (Å²) in [5.41, 5.74) is -0.222. The number of carboxylic acid groups (broad SMARTS) is 1. The number of rotatable bonds is 1. The second-order valence-electron chi connectivity index (χ2n) is 3.55. The minimum Gasteiger partial charge on any atom is -0.541 e. The van der Waals surface area contributed by atoms with Crippen molar-refractivity contribution in [2.45, 2.75) is 26.2 Å². The van der Waals surface area contributed by atoms with Gasteiger partial charge in [0.2, 0.25) is 0 Å². The first-order chi connectivity index (χ1) is 5.41. The second kappa shape index (κ2) is 4.21. The van der Waals surface area contributed by atoms with Gasteiger partial charge in [0, 0.05) is 5.41 Å². The third-order valence-corrected chi connectivity index (χ3v) is 1.38. The van der Waals surface area contributed by atoms with Crippen LogP contribution in [0.25, 0.3) is 0 Å². The minimum absolute atomic E-state index is 0. The molecule has 13 heavy (non-hydrogen) atoms. The van der Waals surface area contributed by atoms with Crippen molar-refractivity contribution in [1.29, 1.82) is 0 Å². The number of carboxylic acids is 1. The van der Waals surface area contributed by atoms with E-state index in [1.807, 2.05) is 20.8 Å². The Morgan fingerprint density at radius 3 is 2.23 bits per heavy atom. The van der Waals surface area contributed by atoms with Crippen molar-refractivity contribution in [2.75, 3.05) is 0 Å². The summed E-state index contributed by atoms with van der Waals surface area (Å²) in [6, 6.07) is 0. The summed E-state index contributed by atoms with van der Waals surface area (Å²) in [5, 5.41) is 16.3.